The Hall–Kier alpha value is -4.42. The number of carboxylic acids is 2. The predicted molar refractivity (Wildman–Crippen MR) is 145 cm³/mol. The lowest BCUT2D eigenvalue weighted by Crippen LogP contribution is -2.22. The Morgan fingerprint density at radius 1 is 0.947 bits per heavy atom. The number of rotatable bonds is 9. The van der Waals surface area contributed by atoms with Gasteiger partial charge in [-0.15, -0.1) is 11.8 Å². The highest BCUT2D eigenvalue weighted by Crippen LogP contribution is 2.31. The topological polar surface area (TPSA) is 155 Å². The van der Waals surface area contributed by atoms with Crippen molar-refractivity contribution in [2.45, 2.75) is 17.1 Å². The van der Waals surface area contributed by atoms with Crippen LogP contribution in [-0.4, -0.2) is 51.3 Å². The van der Waals surface area contributed by atoms with E-state index in [1.807, 2.05) is 12.1 Å². The highest BCUT2D eigenvalue weighted by atomic mass is 32.2. The molecule has 1 unspecified atom stereocenters. The number of carbonyl (C=O) groups is 4. The average molecular weight is 552 g/mol. The molecule has 38 heavy (non-hydrogen) atoms. The van der Waals surface area contributed by atoms with Gasteiger partial charge >= 0.3 is 11.9 Å². The summed E-state index contributed by atoms with van der Waals surface area (Å²) in [6.07, 6.45) is 0. The molecule has 0 radical (unpaired) electrons. The first-order valence-corrected chi connectivity index (χ1v) is 12.8. The van der Waals surface area contributed by atoms with Crippen LogP contribution < -0.4 is 15.4 Å². The van der Waals surface area contributed by atoms with Gasteiger partial charge < -0.3 is 25.6 Å². The Morgan fingerprint density at radius 2 is 1.74 bits per heavy atom. The lowest BCUT2D eigenvalue weighted by Gasteiger charge is -2.12. The number of thiazole rings is 1. The molecule has 0 aliphatic rings. The minimum atomic E-state index is -1.42. The molecular weight excluding hydrogens is 530 g/mol. The molecule has 4 aromatic rings. The van der Waals surface area contributed by atoms with Gasteiger partial charge in [0.25, 0.3) is 5.91 Å². The van der Waals surface area contributed by atoms with Crippen molar-refractivity contribution in [3.8, 4) is 5.75 Å². The maximum Gasteiger partial charge on any atom is 0.336 e. The van der Waals surface area contributed by atoms with E-state index in [2.05, 4.69) is 15.6 Å². The summed E-state index contributed by atoms with van der Waals surface area (Å²) in [7, 11) is 1.58. The molecule has 0 spiro atoms. The first-order chi connectivity index (χ1) is 18.1. The maximum atomic E-state index is 12.8. The van der Waals surface area contributed by atoms with Gasteiger partial charge in [0.05, 0.1) is 39.3 Å². The predicted octanol–water partition coefficient (Wildman–Crippen LogP) is 5.07. The summed E-state index contributed by atoms with van der Waals surface area (Å²) in [5, 5.41) is 24.0. The number of aromatic nitrogens is 1. The first kappa shape index (κ1) is 26.6. The molecular formula is C26H21N3O7S2. The van der Waals surface area contributed by atoms with E-state index in [1.54, 1.807) is 44.4 Å². The lowest BCUT2D eigenvalue weighted by atomic mass is 10.0. The molecule has 10 nitrogen and oxygen atoms in total. The zero-order valence-corrected chi connectivity index (χ0v) is 21.7. The van der Waals surface area contributed by atoms with Crippen LogP contribution in [0.2, 0.25) is 0 Å². The van der Waals surface area contributed by atoms with Gasteiger partial charge in [0, 0.05) is 10.6 Å². The number of nitrogens with zero attached hydrogens (tertiary/aromatic N) is 1. The number of nitrogens with one attached hydrogen (secondary N) is 2. The fraction of sp³-hybridized carbons (Fsp3) is 0.115. The Morgan fingerprint density at radius 3 is 2.45 bits per heavy atom. The van der Waals surface area contributed by atoms with E-state index < -0.39 is 28.7 Å². The van der Waals surface area contributed by atoms with E-state index in [0.717, 1.165) is 28.4 Å². The summed E-state index contributed by atoms with van der Waals surface area (Å²) >= 11 is 2.61. The summed E-state index contributed by atoms with van der Waals surface area (Å²) in [6.45, 7) is 1.74. The largest absolute Gasteiger partial charge is 0.497 e. The van der Waals surface area contributed by atoms with Crippen LogP contribution in [0.3, 0.4) is 0 Å². The number of aromatic carboxylic acids is 2. The highest BCUT2D eigenvalue weighted by Gasteiger charge is 2.20. The summed E-state index contributed by atoms with van der Waals surface area (Å²) in [5.74, 6) is -2.98. The smallest absolute Gasteiger partial charge is 0.336 e. The summed E-state index contributed by atoms with van der Waals surface area (Å²) < 4.78 is 6.10. The second-order valence-corrected chi connectivity index (χ2v) is 10.4. The van der Waals surface area contributed by atoms with Crippen molar-refractivity contribution in [2.75, 3.05) is 17.7 Å². The molecule has 12 heteroatoms. The van der Waals surface area contributed by atoms with Gasteiger partial charge in [0.1, 0.15) is 5.75 Å². The zero-order chi connectivity index (χ0) is 27.4. The molecule has 0 saturated heterocycles. The van der Waals surface area contributed by atoms with E-state index in [-0.39, 0.29) is 17.0 Å². The standard InChI is InChI=1S/C26H21N3O7S2/c1-13(22(30)29-26-28-20-9-7-16(36-2)12-21(20)38-26)37-17-5-3-4-15(11-17)27-23(31)18-8-6-14(24(32)33)10-19(18)25(34)35/h3-13H,1-2H3,(H,27,31)(H,32,33)(H,34,35)(H,28,29,30). The Labute approximate surface area is 224 Å². The lowest BCUT2D eigenvalue weighted by molar-refractivity contribution is -0.115. The molecule has 4 rings (SSSR count). The van der Waals surface area contributed by atoms with Gasteiger partial charge in [-0.2, -0.15) is 0 Å². The van der Waals surface area contributed by atoms with E-state index in [0.29, 0.717) is 21.5 Å². The molecule has 194 valence electrons. The van der Waals surface area contributed by atoms with Crippen molar-refractivity contribution < 1.29 is 34.1 Å². The number of amides is 2. The molecule has 0 aliphatic carbocycles. The molecule has 0 bridgehead atoms. The van der Waals surface area contributed by atoms with Crippen LogP contribution in [0, 0.1) is 0 Å². The normalized spacial score (nSPS) is 11.5. The van der Waals surface area contributed by atoms with Crippen LogP contribution >= 0.6 is 23.1 Å². The zero-order valence-electron chi connectivity index (χ0n) is 20.1. The minimum Gasteiger partial charge on any atom is -0.497 e. The van der Waals surface area contributed by atoms with Crippen molar-refractivity contribution in [3.63, 3.8) is 0 Å². The maximum absolute atomic E-state index is 12.8. The third-order valence-electron chi connectivity index (χ3n) is 5.34. The SMILES string of the molecule is COc1ccc2nc(NC(=O)C(C)Sc3cccc(NC(=O)c4ccc(C(=O)O)cc4C(=O)O)c3)sc2c1. The molecule has 0 saturated carbocycles. The molecule has 1 atom stereocenters. The second kappa shape index (κ2) is 11.3. The van der Waals surface area contributed by atoms with E-state index in [4.69, 9.17) is 9.84 Å². The van der Waals surface area contributed by atoms with E-state index in [1.165, 1.54) is 23.1 Å². The number of carboxylic acid groups (broad SMARTS) is 2. The van der Waals surface area contributed by atoms with Crippen LogP contribution in [0.1, 0.15) is 38.0 Å². The van der Waals surface area contributed by atoms with Crippen LogP contribution in [0.15, 0.2) is 65.6 Å². The summed E-state index contributed by atoms with van der Waals surface area (Å²) in [4.78, 5) is 53.4. The Kier molecular flexibility index (Phi) is 7.93. The van der Waals surface area contributed by atoms with Gasteiger partial charge in [-0.05, 0) is 61.5 Å². The minimum absolute atomic E-state index is 0.179. The fourth-order valence-electron chi connectivity index (χ4n) is 3.45. The first-order valence-electron chi connectivity index (χ1n) is 11.1. The van der Waals surface area contributed by atoms with Crippen LogP contribution in [-0.2, 0) is 4.79 Å². The summed E-state index contributed by atoms with van der Waals surface area (Å²) in [5.41, 5.74) is 0.285. The second-order valence-electron chi connectivity index (χ2n) is 7.95. The third-order valence-corrected chi connectivity index (χ3v) is 7.37. The number of ether oxygens (including phenoxy) is 1. The number of thioether (sulfide) groups is 1. The number of carbonyl (C=O) groups excluding carboxylic acids is 2. The van der Waals surface area contributed by atoms with Crippen molar-refractivity contribution >= 4 is 67.9 Å². The molecule has 0 fully saturated rings. The molecule has 3 aromatic carbocycles. The number of benzene rings is 3. The summed E-state index contributed by atoms with van der Waals surface area (Å²) in [6, 6.07) is 15.5. The quantitative estimate of drug-likeness (QED) is 0.209. The fourth-order valence-corrected chi connectivity index (χ4v) is 5.27. The number of anilines is 2. The van der Waals surface area contributed by atoms with Gasteiger partial charge in [0.15, 0.2) is 5.13 Å². The molecule has 1 aromatic heterocycles. The Bertz CT molecular complexity index is 1570. The molecule has 1 heterocycles. The molecule has 4 N–H and O–H groups in total. The van der Waals surface area contributed by atoms with E-state index >= 15 is 0 Å². The van der Waals surface area contributed by atoms with Gasteiger partial charge in [-0.3, -0.25) is 9.59 Å². The van der Waals surface area contributed by atoms with Crippen LogP contribution in [0.25, 0.3) is 10.2 Å². The van der Waals surface area contributed by atoms with Crippen molar-refractivity contribution in [2.24, 2.45) is 0 Å². The van der Waals surface area contributed by atoms with Gasteiger partial charge in [-0.25, -0.2) is 14.6 Å². The third kappa shape index (κ3) is 6.10. The van der Waals surface area contributed by atoms with Crippen molar-refractivity contribution in [1.29, 1.82) is 0 Å². The number of methoxy groups -OCH3 is 1. The molecule has 0 aliphatic heterocycles. The number of hydrogen-bond donors (Lipinski definition) is 4. The number of fused-ring (bicyclic) bond motifs is 1. The van der Waals surface area contributed by atoms with Gasteiger partial charge in [0.2, 0.25) is 5.91 Å². The van der Waals surface area contributed by atoms with Crippen molar-refractivity contribution in [1.82, 2.24) is 4.98 Å². The van der Waals surface area contributed by atoms with Crippen molar-refractivity contribution in [3.05, 3.63) is 77.4 Å². The van der Waals surface area contributed by atoms with Crippen LogP contribution in [0.4, 0.5) is 10.8 Å². The van der Waals surface area contributed by atoms with Crippen LogP contribution in [0.5, 0.6) is 5.75 Å². The monoisotopic (exact) mass is 551 g/mol. The van der Waals surface area contributed by atoms with Gasteiger partial charge in [-0.1, -0.05) is 17.4 Å². The van der Waals surface area contributed by atoms with E-state index in [9.17, 15) is 24.3 Å². The Balaban J connectivity index is 1.43. The molecule has 2 amide bonds. The number of hydrogen-bond acceptors (Lipinski definition) is 8. The average Bonchev–Trinajstić information content (AvgIpc) is 3.29. The highest BCUT2D eigenvalue weighted by molar-refractivity contribution is 8.00.